The predicted octanol–water partition coefficient (Wildman–Crippen LogP) is -0.721. The molecule has 0 aromatic carbocycles. The van der Waals surface area contributed by atoms with Gasteiger partial charge in [0.2, 0.25) is 5.91 Å². The Hall–Kier alpha value is -1.03. The van der Waals surface area contributed by atoms with E-state index in [1.54, 1.807) is 0 Å². The smallest absolute Gasteiger partial charge is 0.246 e. The number of hydrogen-bond acceptors (Lipinski definition) is 3. The quantitative estimate of drug-likeness (QED) is 0.437. The lowest BCUT2D eigenvalue weighted by molar-refractivity contribution is -0.123. The summed E-state index contributed by atoms with van der Waals surface area (Å²) in [6.07, 6.45) is 2.56. The Labute approximate surface area is 46.4 Å². The first-order valence-electron chi connectivity index (χ1n) is 2.20. The van der Waals surface area contributed by atoms with Crippen LogP contribution in [0.15, 0.2) is 12.3 Å². The molecule has 0 aliphatic carbocycles. The minimum atomic E-state index is -0.171. The largest absolute Gasteiger partial charge is 0.333 e. The van der Waals surface area contributed by atoms with E-state index >= 15 is 0 Å². The van der Waals surface area contributed by atoms with Crippen LogP contribution in [-0.4, -0.2) is 22.8 Å². The van der Waals surface area contributed by atoms with Crippen molar-refractivity contribution in [3.05, 3.63) is 12.3 Å². The lowest BCUT2D eigenvalue weighted by Crippen LogP contribution is -2.35. The summed E-state index contributed by atoms with van der Waals surface area (Å²) >= 11 is 0. The van der Waals surface area contributed by atoms with Crippen molar-refractivity contribution >= 4 is 5.91 Å². The van der Waals surface area contributed by atoms with E-state index in [0.29, 0.717) is 0 Å². The number of nitrogens with zero attached hydrogens (tertiary/aromatic N) is 1. The van der Waals surface area contributed by atoms with Gasteiger partial charge in [-0.3, -0.25) is 10.0 Å². The molecule has 0 aromatic rings. The zero-order valence-electron chi connectivity index (χ0n) is 4.16. The van der Waals surface area contributed by atoms with Crippen molar-refractivity contribution in [1.29, 1.82) is 0 Å². The Bertz CT molecular complexity index is 132. The first kappa shape index (κ1) is 5.11. The average molecular weight is 114 g/mol. The third-order valence-corrected chi connectivity index (χ3v) is 0.813. The fourth-order valence-electron chi connectivity index (χ4n) is 0.424. The summed E-state index contributed by atoms with van der Waals surface area (Å²) in [5.74, 6) is -0.171. The number of rotatable bonds is 0. The molecule has 0 aromatic heterocycles. The molecule has 0 fully saturated rings. The summed E-state index contributed by atoms with van der Waals surface area (Å²) in [6.45, 7) is 0.176. The lowest BCUT2D eigenvalue weighted by atomic mass is 10.5. The average Bonchev–Trinajstić information content (AvgIpc) is 1.77. The van der Waals surface area contributed by atoms with E-state index in [9.17, 15) is 4.79 Å². The minimum Gasteiger partial charge on any atom is -0.333 e. The van der Waals surface area contributed by atoms with Gasteiger partial charge in [-0.25, -0.2) is 5.06 Å². The highest BCUT2D eigenvalue weighted by atomic mass is 16.5. The molecule has 44 valence electrons. The minimum absolute atomic E-state index is 0.171. The molecule has 2 N–H and O–H groups in total. The maximum absolute atomic E-state index is 10.3. The van der Waals surface area contributed by atoms with Crippen molar-refractivity contribution < 1.29 is 10.0 Å². The van der Waals surface area contributed by atoms with E-state index in [0.717, 1.165) is 5.06 Å². The highest BCUT2D eigenvalue weighted by Gasteiger charge is 2.02. The highest BCUT2D eigenvalue weighted by molar-refractivity contribution is 5.87. The maximum atomic E-state index is 10.3. The molecule has 1 amide bonds. The monoisotopic (exact) mass is 114 g/mol. The molecule has 1 heterocycles. The molecule has 1 aliphatic rings. The van der Waals surface area contributed by atoms with Crippen LogP contribution in [0.1, 0.15) is 0 Å². The Morgan fingerprint density at radius 3 is 3.00 bits per heavy atom. The summed E-state index contributed by atoms with van der Waals surface area (Å²) in [7, 11) is 0. The Balaban J connectivity index is 2.55. The molecule has 0 saturated carbocycles. The van der Waals surface area contributed by atoms with Gasteiger partial charge in [-0.2, -0.15) is 0 Å². The summed E-state index contributed by atoms with van der Waals surface area (Å²) in [5.41, 5.74) is 0. The molecule has 0 spiro atoms. The number of carbonyl (C=O) groups excluding carboxylic acids is 1. The first-order chi connectivity index (χ1) is 3.79. The molecule has 8 heavy (non-hydrogen) atoms. The third kappa shape index (κ3) is 0.974. The van der Waals surface area contributed by atoms with Crippen LogP contribution in [0.3, 0.4) is 0 Å². The normalized spacial score (nSPS) is 18.6. The third-order valence-electron chi connectivity index (χ3n) is 0.813. The molecule has 4 heteroatoms. The Morgan fingerprint density at radius 2 is 2.62 bits per heavy atom. The number of nitrogens with one attached hydrogen (secondary N) is 1. The van der Waals surface area contributed by atoms with E-state index in [-0.39, 0.29) is 12.6 Å². The molecule has 0 unspecified atom stereocenters. The molecular formula is C4H6N2O2. The number of amides is 1. The van der Waals surface area contributed by atoms with Crippen LogP contribution in [-0.2, 0) is 4.79 Å². The van der Waals surface area contributed by atoms with Crippen LogP contribution < -0.4 is 5.32 Å². The molecule has 1 aliphatic heterocycles. The van der Waals surface area contributed by atoms with Gasteiger partial charge in [-0.05, 0) is 0 Å². The SMILES string of the molecule is O=C1C=CN(O)CN1. The van der Waals surface area contributed by atoms with Crippen molar-refractivity contribution in [2.45, 2.75) is 0 Å². The van der Waals surface area contributed by atoms with Gasteiger partial charge in [0.25, 0.3) is 0 Å². The summed E-state index contributed by atoms with van der Waals surface area (Å²) in [4.78, 5) is 10.3. The molecule has 0 saturated heterocycles. The predicted molar refractivity (Wildman–Crippen MR) is 25.8 cm³/mol. The fraction of sp³-hybridized carbons (Fsp3) is 0.250. The Morgan fingerprint density at radius 1 is 1.88 bits per heavy atom. The van der Waals surface area contributed by atoms with Crippen molar-refractivity contribution in [3.63, 3.8) is 0 Å². The van der Waals surface area contributed by atoms with E-state index in [1.165, 1.54) is 12.3 Å². The van der Waals surface area contributed by atoms with E-state index in [2.05, 4.69) is 5.32 Å². The van der Waals surface area contributed by atoms with Gasteiger partial charge in [0.15, 0.2) is 0 Å². The second-order valence-electron chi connectivity index (χ2n) is 1.45. The van der Waals surface area contributed by atoms with Crippen LogP contribution in [0.4, 0.5) is 0 Å². The van der Waals surface area contributed by atoms with Crippen LogP contribution in [0.2, 0.25) is 0 Å². The molecule has 0 atom stereocenters. The second kappa shape index (κ2) is 1.83. The highest BCUT2D eigenvalue weighted by Crippen LogP contribution is 1.86. The van der Waals surface area contributed by atoms with Gasteiger partial charge in [-0.15, -0.1) is 0 Å². The first-order valence-corrected chi connectivity index (χ1v) is 2.20. The van der Waals surface area contributed by atoms with Crippen molar-refractivity contribution in [3.8, 4) is 0 Å². The van der Waals surface area contributed by atoms with Crippen LogP contribution in [0.25, 0.3) is 0 Å². The van der Waals surface area contributed by atoms with Crippen molar-refractivity contribution in [2.24, 2.45) is 0 Å². The molecular weight excluding hydrogens is 108 g/mol. The number of hydrogen-bond donors (Lipinski definition) is 2. The molecule has 0 radical (unpaired) electrons. The lowest BCUT2D eigenvalue weighted by Gasteiger charge is -2.15. The summed E-state index contributed by atoms with van der Waals surface area (Å²) in [5, 5.41) is 11.8. The topological polar surface area (TPSA) is 52.6 Å². The van der Waals surface area contributed by atoms with E-state index in [1.807, 2.05) is 0 Å². The second-order valence-corrected chi connectivity index (χ2v) is 1.45. The molecule has 4 nitrogen and oxygen atoms in total. The zero-order chi connectivity index (χ0) is 5.98. The van der Waals surface area contributed by atoms with Gasteiger partial charge in [0.05, 0.1) is 0 Å². The van der Waals surface area contributed by atoms with E-state index in [4.69, 9.17) is 5.21 Å². The van der Waals surface area contributed by atoms with Crippen LogP contribution >= 0.6 is 0 Å². The van der Waals surface area contributed by atoms with Gasteiger partial charge < -0.3 is 5.32 Å². The van der Waals surface area contributed by atoms with Gasteiger partial charge in [-0.1, -0.05) is 0 Å². The van der Waals surface area contributed by atoms with Crippen molar-refractivity contribution in [1.82, 2.24) is 10.4 Å². The van der Waals surface area contributed by atoms with Gasteiger partial charge in [0.1, 0.15) is 6.67 Å². The fourth-order valence-corrected chi connectivity index (χ4v) is 0.424. The van der Waals surface area contributed by atoms with Crippen LogP contribution in [0, 0.1) is 0 Å². The molecule has 1 rings (SSSR count). The summed E-state index contributed by atoms with van der Waals surface area (Å²) in [6, 6.07) is 0. The number of hydroxylamine groups is 2. The van der Waals surface area contributed by atoms with Gasteiger partial charge in [0, 0.05) is 12.3 Å². The maximum Gasteiger partial charge on any atom is 0.246 e. The van der Waals surface area contributed by atoms with E-state index < -0.39 is 0 Å². The Kier molecular flexibility index (Phi) is 1.17. The van der Waals surface area contributed by atoms with Crippen molar-refractivity contribution in [2.75, 3.05) is 6.67 Å². The standard InChI is InChI=1S/C4H6N2O2/c7-4-1-2-6(8)3-5-4/h1-2,8H,3H2,(H,5,7). The van der Waals surface area contributed by atoms with Gasteiger partial charge >= 0.3 is 0 Å². The van der Waals surface area contributed by atoms with Crippen LogP contribution in [0.5, 0.6) is 0 Å². The zero-order valence-corrected chi connectivity index (χ0v) is 4.16. The summed E-state index contributed by atoms with van der Waals surface area (Å²) < 4.78 is 0. The number of carbonyl (C=O) groups is 1. The molecule has 0 bridgehead atoms.